The van der Waals surface area contributed by atoms with E-state index in [1.807, 2.05) is 25.3 Å². The van der Waals surface area contributed by atoms with E-state index >= 15 is 0 Å². The molecule has 1 aromatic carbocycles. The van der Waals surface area contributed by atoms with Gasteiger partial charge in [-0.15, -0.1) is 0 Å². The predicted molar refractivity (Wildman–Crippen MR) is 94.2 cm³/mol. The van der Waals surface area contributed by atoms with Gasteiger partial charge in [0.25, 0.3) is 0 Å². The van der Waals surface area contributed by atoms with Crippen molar-refractivity contribution >= 4 is 5.82 Å². The van der Waals surface area contributed by atoms with Gasteiger partial charge < -0.3 is 15.2 Å². The van der Waals surface area contributed by atoms with Crippen LogP contribution >= 0.6 is 0 Å². The predicted octanol–water partition coefficient (Wildman–Crippen LogP) is 2.29. The molecule has 0 bridgehead atoms. The number of phenols is 1. The Morgan fingerprint density at radius 2 is 1.96 bits per heavy atom. The molecule has 1 fully saturated rings. The molecule has 0 unspecified atom stereocenters. The molecule has 6 heteroatoms. The number of anilines is 1. The highest BCUT2D eigenvalue weighted by Gasteiger charge is 2.10. The van der Waals surface area contributed by atoms with Crippen LogP contribution in [0.2, 0.25) is 0 Å². The largest absolute Gasteiger partial charge is 0.508 e. The van der Waals surface area contributed by atoms with Crippen LogP contribution < -0.4 is 5.32 Å². The Bertz CT molecular complexity index is 655. The summed E-state index contributed by atoms with van der Waals surface area (Å²) in [5, 5.41) is 12.8. The van der Waals surface area contributed by atoms with E-state index in [0.29, 0.717) is 5.82 Å². The number of aryl methyl sites for hydroxylation is 1. The van der Waals surface area contributed by atoms with Gasteiger partial charge in [0.1, 0.15) is 11.6 Å². The Kier molecular flexibility index (Phi) is 5.61. The van der Waals surface area contributed by atoms with Crippen molar-refractivity contribution in [2.45, 2.75) is 13.3 Å². The van der Waals surface area contributed by atoms with E-state index in [-0.39, 0.29) is 5.75 Å². The monoisotopic (exact) mass is 328 g/mol. The summed E-state index contributed by atoms with van der Waals surface area (Å²) in [5.74, 6) is 1.78. The molecule has 0 radical (unpaired) electrons. The molecule has 1 saturated heterocycles. The molecule has 2 N–H and O–H groups in total. The minimum Gasteiger partial charge on any atom is -0.508 e. The molecule has 24 heavy (non-hydrogen) atoms. The third kappa shape index (κ3) is 4.43. The fourth-order valence-corrected chi connectivity index (χ4v) is 2.70. The first-order valence-electron chi connectivity index (χ1n) is 8.39. The van der Waals surface area contributed by atoms with E-state index in [2.05, 4.69) is 20.2 Å². The molecule has 1 aliphatic rings. The van der Waals surface area contributed by atoms with Crippen molar-refractivity contribution in [3.05, 3.63) is 36.0 Å². The Labute approximate surface area is 142 Å². The molecule has 128 valence electrons. The molecule has 0 spiro atoms. The normalized spacial score (nSPS) is 15.4. The number of hydrogen-bond acceptors (Lipinski definition) is 6. The lowest BCUT2D eigenvalue weighted by molar-refractivity contribution is 0.0378. The van der Waals surface area contributed by atoms with Crippen LogP contribution in [0.4, 0.5) is 5.82 Å². The molecule has 0 aliphatic carbocycles. The number of rotatable bonds is 6. The quantitative estimate of drug-likeness (QED) is 0.793. The second kappa shape index (κ2) is 8.08. The van der Waals surface area contributed by atoms with E-state index < -0.39 is 0 Å². The summed E-state index contributed by atoms with van der Waals surface area (Å²) >= 11 is 0. The van der Waals surface area contributed by atoms with Crippen molar-refractivity contribution in [1.29, 1.82) is 0 Å². The van der Waals surface area contributed by atoms with Crippen LogP contribution in [-0.4, -0.2) is 59.4 Å². The van der Waals surface area contributed by atoms with Crippen LogP contribution in [0.25, 0.3) is 11.4 Å². The van der Waals surface area contributed by atoms with E-state index in [0.717, 1.165) is 62.8 Å². The van der Waals surface area contributed by atoms with Gasteiger partial charge in [0.2, 0.25) is 0 Å². The van der Waals surface area contributed by atoms with Gasteiger partial charge in [0, 0.05) is 37.0 Å². The van der Waals surface area contributed by atoms with Gasteiger partial charge in [0.15, 0.2) is 5.82 Å². The molecule has 0 saturated carbocycles. The highest BCUT2D eigenvalue weighted by Crippen LogP contribution is 2.21. The van der Waals surface area contributed by atoms with Crippen molar-refractivity contribution in [3.8, 4) is 17.1 Å². The maximum Gasteiger partial charge on any atom is 0.161 e. The fraction of sp³-hybridized carbons (Fsp3) is 0.444. The van der Waals surface area contributed by atoms with Crippen LogP contribution in [0.1, 0.15) is 12.0 Å². The molecule has 1 aromatic heterocycles. The Morgan fingerprint density at radius 1 is 1.21 bits per heavy atom. The van der Waals surface area contributed by atoms with E-state index in [9.17, 15) is 5.11 Å². The number of aromatic nitrogens is 2. The standard InChI is InChI=1S/C18H24N4O2/c1-14-13-20-18(15-3-5-16(23)6-4-15)21-17(14)19-7-2-8-22-9-11-24-12-10-22/h3-6,13,23H,2,7-12H2,1H3,(H,19,20,21). The molecule has 6 nitrogen and oxygen atoms in total. The second-order valence-corrected chi connectivity index (χ2v) is 6.01. The minimum absolute atomic E-state index is 0.243. The summed E-state index contributed by atoms with van der Waals surface area (Å²) in [6, 6.07) is 6.94. The molecule has 2 heterocycles. The third-order valence-corrected chi connectivity index (χ3v) is 4.14. The maximum absolute atomic E-state index is 9.39. The molecule has 0 atom stereocenters. The summed E-state index contributed by atoms with van der Waals surface area (Å²) in [6.45, 7) is 7.69. The lowest BCUT2D eigenvalue weighted by Gasteiger charge is -2.26. The lowest BCUT2D eigenvalue weighted by Crippen LogP contribution is -2.37. The summed E-state index contributed by atoms with van der Waals surface area (Å²) in [6.07, 6.45) is 2.90. The second-order valence-electron chi connectivity index (χ2n) is 6.01. The highest BCUT2D eigenvalue weighted by molar-refractivity contribution is 5.59. The SMILES string of the molecule is Cc1cnc(-c2ccc(O)cc2)nc1NCCCN1CCOCC1. The third-order valence-electron chi connectivity index (χ3n) is 4.14. The van der Waals surface area contributed by atoms with Crippen LogP contribution in [0.15, 0.2) is 30.5 Å². The van der Waals surface area contributed by atoms with E-state index in [4.69, 9.17) is 4.74 Å². The van der Waals surface area contributed by atoms with Gasteiger partial charge in [-0.05, 0) is 44.2 Å². The Morgan fingerprint density at radius 3 is 2.71 bits per heavy atom. The zero-order valence-electron chi connectivity index (χ0n) is 14.0. The highest BCUT2D eigenvalue weighted by atomic mass is 16.5. The van der Waals surface area contributed by atoms with Crippen LogP contribution in [0.5, 0.6) is 5.75 Å². The first-order chi connectivity index (χ1) is 11.7. The number of benzene rings is 1. The van der Waals surface area contributed by atoms with Crippen molar-refractivity contribution in [2.75, 3.05) is 44.7 Å². The Hall–Kier alpha value is -2.18. The van der Waals surface area contributed by atoms with Gasteiger partial charge in [-0.3, -0.25) is 4.90 Å². The zero-order chi connectivity index (χ0) is 16.8. The van der Waals surface area contributed by atoms with Crippen molar-refractivity contribution < 1.29 is 9.84 Å². The van der Waals surface area contributed by atoms with Gasteiger partial charge in [-0.1, -0.05) is 0 Å². The number of nitrogens with one attached hydrogen (secondary N) is 1. The molecular formula is C18H24N4O2. The molecular weight excluding hydrogens is 304 g/mol. The Balaban J connectivity index is 1.56. The number of morpholine rings is 1. The first kappa shape index (κ1) is 16.7. The smallest absolute Gasteiger partial charge is 0.161 e. The zero-order valence-corrected chi connectivity index (χ0v) is 14.0. The topological polar surface area (TPSA) is 70.5 Å². The van der Waals surface area contributed by atoms with Gasteiger partial charge >= 0.3 is 0 Å². The minimum atomic E-state index is 0.243. The summed E-state index contributed by atoms with van der Waals surface area (Å²) < 4.78 is 5.36. The van der Waals surface area contributed by atoms with Crippen molar-refractivity contribution in [3.63, 3.8) is 0 Å². The van der Waals surface area contributed by atoms with Gasteiger partial charge in [0.05, 0.1) is 13.2 Å². The molecule has 2 aromatic rings. The van der Waals surface area contributed by atoms with Crippen LogP contribution in [0, 0.1) is 6.92 Å². The number of nitrogens with zero attached hydrogens (tertiary/aromatic N) is 3. The van der Waals surface area contributed by atoms with Gasteiger partial charge in [-0.2, -0.15) is 0 Å². The number of hydrogen-bond donors (Lipinski definition) is 2. The van der Waals surface area contributed by atoms with Crippen LogP contribution in [-0.2, 0) is 4.74 Å². The first-order valence-corrected chi connectivity index (χ1v) is 8.39. The van der Waals surface area contributed by atoms with Crippen molar-refractivity contribution in [1.82, 2.24) is 14.9 Å². The van der Waals surface area contributed by atoms with Crippen LogP contribution in [0.3, 0.4) is 0 Å². The molecule has 3 rings (SSSR count). The maximum atomic E-state index is 9.39. The fourth-order valence-electron chi connectivity index (χ4n) is 2.70. The summed E-state index contributed by atoms with van der Waals surface area (Å²) in [7, 11) is 0. The molecule has 1 aliphatic heterocycles. The molecule has 0 amide bonds. The number of phenolic OH excluding ortho intramolecular Hbond substituents is 1. The summed E-state index contributed by atoms with van der Waals surface area (Å²) in [5.41, 5.74) is 1.92. The average molecular weight is 328 g/mol. The summed E-state index contributed by atoms with van der Waals surface area (Å²) in [4.78, 5) is 11.4. The van der Waals surface area contributed by atoms with E-state index in [1.165, 1.54) is 0 Å². The van der Waals surface area contributed by atoms with Gasteiger partial charge in [-0.25, -0.2) is 9.97 Å². The van der Waals surface area contributed by atoms with Crippen molar-refractivity contribution in [2.24, 2.45) is 0 Å². The number of ether oxygens (including phenoxy) is 1. The van der Waals surface area contributed by atoms with E-state index in [1.54, 1.807) is 12.1 Å². The average Bonchev–Trinajstić information content (AvgIpc) is 2.62. The lowest BCUT2D eigenvalue weighted by atomic mass is 10.2. The number of aromatic hydroxyl groups is 1.